The van der Waals surface area contributed by atoms with Crippen LogP contribution in [0.15, 0.2) is 48.8 Å². The second kappa shape index (κ2) is 10.9. The van der Waals surface area contributed by atoms with Crippen LogP contribution in [0.5, 0.6) is 0 Å². The van der Waals surface area contributed by atoms with E-state index in [1.165, 1.54) is 5.56 Å². The Morgan fingerprint density at radius 3 is 2.35 bits per heavy atom. The first-order valence-electron chi connectivity index (χ1n) is 14.7. The average Bonchev–Trinajstić information content (AvgIpc) is 3.41. The minimum absolute atomic E-state index is 0.0371. The van der Waals surface area contributed by atoms with Crippen LogP contribution in [0.3, 0.4) is 0 Å². The summed E-state index contributed by atoms with van der Waals surface area (Å²) in [5.74, 6) is 0.319. The fourth-order valence-electron chi connectivity index (χ4n) is 6.75. The molecular weight excluding hydrogens is 500 g/mol. The van der Waals surface area contributed by atoms with E-state index in [0.29, 0.717) is 19.1 Å². The number of rotatable bonds is 6. The predicted octanol–water partition coefficient (Wildman–Crippen LogP) is 4.55. The molecule has 40 heavy (non-hydrogen) atoms. The highest BCUT2D eigenvalue weighted by Crippen LogP contribution is 2.38. The average molecular weight is 541 g/mol. The highest BCUT2D eigenvalue weighted by Gasteiger charge is 2.38. The van der Waals surface area contributed by atoms with Crippen molar-refractivity contribution in [2.75, 3.05) is 51.3 Å². The van der Waals surface area contributed by atoms with Crippen molar-refractivity contribution in [3.8, 4) is 17.2 Å². The lowest BCUT2D eigenvalue weighted by atomic mass is 9.75. The number of ether oxygens (including phenoxy) is 1. The second-order valence-electron chi connectivity index (χ2n) is 12.0. The molecule has 0 N–H and O–H groups in total. The van der Waals surface area contributed by atoms with E-state index < -0.39 is 0 Å². The number of methoxy groups -OCH3 is 1. The number of nitriles is 1. The topological polar surface area (TPSA) is 77.1 Å². The molecule has 210 valence electrons. The lowest BCUT2D eigenvalue weighted by Gasteiger charge is -2.42. The van der Waals surface area contributed by atoms with Crippen LogP contribution in [0.4, 0.5) is 5.69 Å². The zero-order chi connectivity index (χ0) is 27.9. The molecule has 0 atom stereocenters. The number of anilines is 1. The number of likely N-dealkylation sites (tertiary alicyclic amines) is 1. The van der Waals surface area contributed by atoms with Crippen molar-refractivity contribution in [2.24, 2.45) is 11.8 Å². The van der Waals surface area contributed by atoms with Gasteiger partial charge in [0.25, 0.3) is 0 Å². The lowest BCUT2D eigenvalue weighted by Crippen LogP contribution is -2.52. The van der Waals surface area contributed by atoms with Crippen molar-refractivity contribution in [1.82, 2.24) is 19.4 Å². The molecule has 3 fully saturated rings. The number of piperidine rings is 1. The molecule has 0 radical (unpaired) electrons. The zero-order valence-corrected chi connectivity index (χ0v) is 23.9. The second-order valence-corrected chi connectivity index (χ2v) is 12.0. The molecule has 6 rings (SSSR count). The molecule has 0 unspecified atom stereocenters. The minimum Gasteiger partial charge on any atom is -0.373 e. The van der Waals surface area contributed by atoms with E-state index in [0.717, 1.165) is 74.2 Å². The van der Waals surface area contributed by atoms with Crippen LogP contribution in [0.25, 0.3) is 16.6 Å². The highest BCUT2D eigenvalue weighted by atomic mass is 16.5. The number of benzene rings is 1. The number of nitrogens with zero attached hydrogens (tertiary/aromatic N) is 6. The van der Waals surface area contributed by atoms with Gasteiger partial charge in [-0.05, 0) is 62.8 Å². The number of carbonyl (C=O) groups excluding carboxylic acids is 1. The maximum Gasteiger partial charge on any atom is 0.225 e. The van der Waals surface area contributed by atoms with Crippen molar-refractivity contribution in [3.63, 3.8) is 0 Å². The van der Waals surface area contributed by atoms with Gasteiger partial charge in [-0.2, -0.15) is 10.4 Å². The van der Waals surface area contributed by atoms with Crippen LogP contribution in [0.1, 0.15) is 45.1 Å². The Labute approximate surface area is 237 Å². The van der Waals surface area contributed by atoms with Gasteiger partial charge in [0.05, 0.1) is 22.9 Å². The van der Waals surface area contributed by atoms with Gasteiger partial charge >= 0.3 is 0 Å². The molecule has 4 heterocycles. The smallest absolute Gasteiger partial charge is 0.225 e. The van der Waals surface area contributed by atoms with Crippen LogP contribution in [0.2, 0.25) is 0 Å². The van der Waals surface area contributed by atoms with Gasteiger partial charge in [0.15, 0.2) is 0 Å². The van der Waals surface area contributed by atoms with Gasteiger partial charge in [0.2, 0.25) is 5.91 Å². The largest absolute Gasteiger partial charge is 0.373 e. The summed E-state index contributed by atoms with van der Waals surface area (Å²) in [6.45, 7) is 9.65. The minimum atomic E-state index is -0.219. The number of hydrogen-bond donors (Lipinski definition) is 0. The van der Waals surface area contributed by atoms with Gasteiger partial charge in [0.1, 0.15) is 0 Å². The summed E-state index contributed by atoms with van der Waals surface area (Å²) in [5, 5.41) is 13.6. The van der Waals surface area contributed by atoms with Gasteiger partial charge < -0.3 is 19.4 Å². The molecule has 3 aromatic rings. The molecule has 8 nitrogen and oxygen atoms in total. The highest BCUT2D eigenvalue weighted by molar-refractivity contribution is 5.82. The summed E-state index contributed by atoms with van der Waals surface area (Å²) >= 11 is 0. The summed E-state index contributed by atoms with van der Waals surface area (Å²) in [7, 11) is 1.85. The first-order valence-corrected chi connectivity index (χ1v) is 14.7. The quantitative estimate of drug-likeness (QED) is 0.457. The molecule has 0 spiro atoms. The number of fused-ring (bicyclic) bond motifs is 1. The fraction of sp³-hybridized carbons (Fsp3) is 0.531. The van der Waals surface area contributed by atoms with Gasteiger partial charge in [-0.1, -0.05) is 24.3 Å². The molecule has 8 heteroatoms. The first kappa shape index (κ1) is 26.8. The third kappa shape index (κ3) is 4.86. The summed E-state index contributed by atoms with van der Waals surface area (Å²) in [6.07, 6.45) is 7.40. The van der Waals surface area contributed by atoms with Crippen LogP contribution in [-0.2, 0) is 15.1 Å². The van der Waals surface area contributed by atoms with Crippen LogP contribution >= 0.6 is 0 Å². The van der Waals surface area contributed by atoms with Crippen molar-refractivity contribution in [2.45, 2.75) is 51.2 Å². The maximum absolute atomic E-state index is 12.8. The fourth-order valence-corrected chi connectivity index (χ4v) is 6.75. The van der Waals surface area contributed by atoms with E-state index in [-0.39, 0.29) is 23.3 Å². The van der Waals surface area contributed by atoms with Crippen molar-refractivity contribution < 1.29 is 9.53 Å². The normalized spacial score (nSPS) is 23.3. The van der Waals surface area contributed by atoms with E-state index >= 15 is 0 Å². The van der Waals surface area contributed by atoms with Crippen LogP contribution in [-0.4, -0.2) is 77.7 Å². The lowest BCUT2D eigenvalue weighted by molar-refractivity contribution is -0.139. The summed E-state index contributed by atoms with van der Waals surface area (Å²) < 4.78 is 8.10. The Morgan fingerprint density at radius 1 is 1.02 bits per heavy atom. The van der Waals surface area contributed by atoms with Gasteiger partial charge in [-0.15, -0.1) is 0 Å². The molecule has 2 saturated heterocycles. The van der Waals surface area contributed by atoms with Crippen LogP contribution < -0.4 is 4.90 Å². The predicted molar refractivity (Wildman–Crippen MR) is 156 cm³/mol. The van der Waals surface area contributed by atoms with Crippen LogP contribution in [0, 0.1) is 23.2 Å². The molecule has 3 aliphatic rings. The van der Waals surface area contributed by atoms with Gasteiger partial charge in [-0.25, -0.2) is 4.52 Å². The van der Waals surface area contributed by atoms with Crippen molar-refractivity contribution >= 4 is 17.1 Å². The van der Waals surface area contributed by atoms with E-state index in [4.69, 9.17) is 10.00 Å². The molecule has 1 amide bonds. The van der Waals surface area contributed by atoms with E-state index in [1.807, 2.05) is 22.7 Å². The molecule has 2 aliphatic heterocycles. The molecular formula is C32H40N6O2. The number of hydrogen-bond acceptors (Lipinski definition) is 6. The van der Waals surface area contributed by atoms with Gasteiger partial charge in [0, 0.05) is 82.2 Å². The van der Waals surface area contributed by atoms with E-state index in [1.54, 1.807) is 0 Å². The standard InChI is InChI=1S/C32H40N6O2/c1-23(2)35-12-9-32(40-3,10-13-35)28-6-4-25(5-7-28)27-20-30-29(8-11-34-38(30)22-27)36-14-16-37(17-15-36)31(39)26-18-24(19-26)21-33/h4-8,11,20,22-24,26H,9-10,12-19H2,1-3H3/t24-,26-. The zero-order valence-electron chi connectivity index (χ0n) is 23.9. The Bertz CT molecular complexity index is 1390. The molecule has 2 aromatic heterocycles. The number of aromatic nitrogens is 2. The number of piperazine rings is 1. The Kier molecular flexibility index (Phi) is 7.28. The van der Waals surface area contributed by atoms with Crippen molar-refractivity contribution in [3.05, 3.63) is 54.4 Å². The molecule has 1 aliphatic carbocycles. The number of amides is 1. The Balaban J connectivity index is 1.15. The molecule has 1 aromatic carbocycles. The van der Waals surface area contributed by atoms with Crippen molar-refractivity contribution in [1.29, 1.82) is 5.26 Å². The third-order valence-electron chi connectivity index (χ3n) is 9.56. The first-order chi connectivity index (χ1) is 19.4. The van der Waals surface area contributed by atoms with E-state index in [9.17, 15) is 4.79 Å². The summed E-state index contributed by atoms with van der Waals surface area (Å²) in [5.41, 5.74) is 5.56. The summed E-state index contributed by atoms with van der Waals surface area (Å²) in [6, 6.07) is 16.0. The Morgan fingerprint density at radius 2 is 1.73 bits per heavy atom. The summed E-state index contributed by atoms with van der Waals surface area (Å²) in [4.78, 5) is 19.7. The van der Waals surface area contributed by atoms with Gasteiger partial charge in [-0.3, -0.25) is 4.79 Å². The monoisotopic (exact) mass is 540 g/mol. The van der Waals surface area contributed by atoms with E-state index in [2.05, 4.69) is 77.4 Å². The SMILES string of the molecule is COC1(c2ccc(-c3cc4c(N5CCN(C(=O)[C@H]6C[C@H](C#N)C6)CC5)ccnn4c3)cc2)CCN(C(C)C)CC1. The third-order valence-corrected chi connectivity index (χ3v) is 9.56. The Hall–Kier alpha value is -3.41. The maximum atomic E-state index is 12.8. The molecule has 0 bridgehead atoms. The molecule has 1 saturated carbocycles. The number of carbonyl (C=O) groups is 1.